The lowest BCUT2D eigenvalue weighted by molar-refractivity contribution is 0.164. The first kappa shape index (κ1) is 10.2. The molecule has 1 aromatic carbocycles. The fraction of sp³-hybridized carbons (Fsp3) is 0.400. The highest BCUT2D eigenvalue weighted by Crippen LogP contribution is 2.17. The molecule has 72 valence electrons. The SMILES string of the molecule is Cc1cc(F)cc([C@@H](N)[C@@H](C)O)c1. The second-order valence-corrected chi connectivity index (χ2v) is 3.33. The van der Waals surface area contributed by atoms with Crippen molar-refractivity contribution in [1.29, 1.82) is 0 Å². The summed E-state index contributed by atoms with van der Waals surface area (Å²) in [6, 6.07) is 4.04. The van der Waals surface area contributed by atoms with Crippen LogP contribution in [0.3, 0.4) is 0 Å². The molecule has 0 aromatic heterocycles. The number of hydrogen-bond acceptors (Lipinski definition) is 2. The summed E-state index contributed by atoms with van der Waals surface area (Å²) in [5, 5.41) is 9.21. The molecule has 0 radical (unpaired) electrons. The Morgan fingerprint density at radius 2 is 2.00 bits per heavy atom. The van der Waals surface area contributed by atoms with Gasteiger partial charge in [-0.3, -0.25) is 0 Å². The smallest absolute Gasteiger partial charge is 0.123 e. The molecule has 0 heterocycles. The molecular weight excluding hydrogens is 169 g/mol. The summed E-state index contributed by atoms with van der Waals surface area (Å²) in [6.45, 7) is 3.38. The summed E-state index contributed by atoms with van der Waals surface area (Å²) >= 11 is 0. The molecule has 0 unspecified atom stereocenters. The first-order chi connectivity index (χ1) is 6.00. The number of nitrogens with two attached hydrogens (primary N) is 1. The average Bonchev–Trinajstić information content (AvgIpc) is 2.01. The normalized spacial score (nSPS) is 15.5. The maximum Gasteiger partial charge on any atom is 0.123 e. The van der Waals surface area contributed by atoms with Gasteiger partial charge in [0.1, 0.15) is 5.82 Å². The summed E-state index contributed by atoms with van der Waals surface area (Å²) in [6.07, 6.45) is -0.666. The molecule has 3 N–H and O–H groups in total. The highest BCUT2D eigenvalue weighted by molar-refractivity contribution is 5.26. The minimum absolute atomic E-state index is 0.314. The van der Waals surface area contributed by atoms with E-state index in [9.17, 15) is 9.50 Å². The monoisotopic (exact) mass is 183 g/mol. The summed E-state index contributed by atoms with van der Waals surface area (Å²) < 4.78 is 12.9. The largest absolute Gasteiger partial charge is 0.391 e. The van der Waals surface area contributed by atoms with Gasteiger partial charge in [0.05, 0.1) is 12.1 Å². The Labute approximate surface area is 77.2 Å². The van der Waals surface area contributed by atoms with E-state index in [4.69, 9.17) is 5.73 Å². The number of aryl methyl sites for hydroxylation is 1. The van der Waals surface area contributed by atoms with Crippen LogP contribution in [0.4, 0.5) is 4.39 Å². The lowest BCUT2D eigenvalue weighted by atomic mass is 10.0. The predicted octanol–water partition coefficient (Wildman–Crippen LogP) is 1.51. The molecule has 1 aromatic rings. The molecule has 0 bridgehead atoms. The second-order valence-electron chi connectivity index (χ2n) is 3.33. The highest BCUT2D eigenvalue weighted by atomic mass is 19.1. The number of rotatable bonds is 2. The van der Waals surface area contributed by atoms with Crippen molar-refractivity contribution < 1.29 is 9.50 Å². The zero-order valence-corrected chi connectivity index (χ0v) is 7.79. The van der Waals surface area contributed by atoms with E-state index in [2.05, 4.69) is 0 Å². The number of halogens is 1. The van der Waals surface area contributed by atoms with Gasteiger partial charge in [-0.05, 0) is 37.1 Å². The molecule has 2 atom stereocenters. The molecule has 0 fully saturated rings. The minimum atomic E-state index is -0.666. The Kier molecular flexibility index (Phi) is 3.01. The third kappa shape index (κ3) is 2.50. The Morgan fingerprint density at radius 1 is 1.38 bits per heavy atom. The third-order valence-corrected chi connectivity index (χ3v) is 1.97. The molecule has 0 amide bonds. The second kappa shape index (κ2) is 3.85. The molecule has 0 aliphatic carbocycles. The molecule has 0 spiro atoms. The van der Waals surface area contributed by atoms with Gasteiger partial charge < -0.3 is 10.8 Å². The van der Waals surface area contributed by atoms with Gasteiger partial charge in [0, 0.05) is 0 Å². The third-order valence-electron chi connectivity index (χ3n) is 1.97. The van der Waals surface area contributed by atoms with Crippen LogP contribution in [0.1, 0.15) is 24.1 Å². The standard InChI is InChI=1S/C10H14FNO/c1-6-3-8(5-9(11)4-6)10(12)7(2)13/h3-5,7,10,13H,12H2,1-2H3/t7-,10+/m1/s1. The van der Waals surface area contributed by atoms with E-state index in [1.165, 1.54) is 12.1 Å². The van der Waals surface area contributed by atoms with E-state index in [1.54, 1.807) is 19.9 Å². The molecule has 3 heteroatoms. The summed E-state index contributed by atoms with van der Waals surface area (Å²) in [5.41, 5.74) is 7.10. The molecule has 0 saturated heterocycles. The summed E-state index contributed by atoms with van der Waals surface area (Å²) in [4.78, 5) is 0. The first-order valence-electron chi connectivity index (χ1n) is 4.21. The van der Waals surface area contributed by atoms with Crippen molar-refractivity contribution in [2.75, 3.05) is 0 Å². The van der Waals surface area contributed by atoms with Crippen LogP contribution < -0.4 is 5.73 Å². The Hall–Kier alpha value is -0.930. The maximum atomic E-state index is 12.9. The van der Waals surface area contributed by atoms with Gasteiger partial charge in [-0.25, -0.2) is 4.39 Å². The molecule has 1 rings (SSSR count). The predicted molar refractivity (Wildman–Crippen MR) is 49.7 cm³/mol. The number of aliphatic hydroxyl groups excluding tert-OH is 1. The van der Waals surface area contributed by atoms with Gasteiger partial charge >= 0.3 is 0 Å². The van der Waals surface area contributed by atoms with Crippen molar-refractivity contribution >= 4 is 0 Å². The number of hydrogen-bond donors (Lipinski definition) is 2. The van der Waals surface area contributed by atoms with Crippen LogP contribution >= 0.6 is 0 Å². The first-order valence-corrected chi connectivity index (χ1v) is 4.21. The van der Waals surface area contributed by atoms with Crippen LogP contribution in [0, 0.1) is 12.7 Å². The van der Waals surface area contributed by atoms with Crippen molar-refractivity contribution in [3.8, 4) is 0 Å². The molecule has 13 heavy (non-hydrogen) atoms. The molecular formula is C10H14FNO. The van der Waals surface area contributed by atoms with Gasteiger partial charge in [0.25, 0.3) is 0 Å². The van der Waals surface area contributed by atoms with E-state index in [1.807, 2.05) is 0 Å². The minimum Gasteiger partial charge on any atom is -0.391 e. The number of aliphatic hydroxyl groups is 1. The molecule has 0 saturated carbocycles. The topological polar surface area (TPSA) is 46.2 Å². The van der Waals surface area contributed by atoms with Crippen molar-refractivity contribution in [1.82, 2.24) is 0 Å². The van der Waals surface area contributed by atoms with E-state index in [0.717, 1.165) is 5.56 Å². The Morgan fingerprint density at radius 3 is 2.46 bits per heavy atom. The highest BCUT2D eigenvalue weighted by Gasteiger charge is 2.12. The van der Waals surface area contributed by atoms with Crippen LogP contribution in [0.15, 0.2) is 18.2 Å². The van der Waals surface area contributed by atoms with Crippen molar-refractivity contribution in [2.24, 2.45) is 5.73 Å². The van der Waals surface area contributed by atoms with Crippen LogP contribution in [0.5, 0.6) is 0 Å². The van der Waals surface area contributed by atoms with Crippen molar-refractivity contribution in [3.05, 3.63) is 35.1 Å². The number of benzene rings is 1. The Bertz CT molecular complexity index is 279. The van der Waals surface area contributed by atoms with Gasteiger partial charge in [-0.2, -0.15) is 0 Å². The average molecular weight is 183 g/mol. The van der Waals surface area contributed by atoms with E-state index >= 15 is 0 Å². The summed E-state index contributed by atoms with van der Waals surface area (Å²) in [7, 11) is 0. The van der Waals surface area contributed by atoms with Crippen LogP contribution in [0.25, 0.3) is 0 Å². The lowest BCUT2D eigenvalue weighted by Crippen LogP contribution is -2.23. The molecule has 0 aliphatic rings. The fourth-order valence-electron chi connectivity index (χ4n) is 1.24. The summed E-state index contributed by atoms with van der Waals surface area (Å²) in [5.74, 6) is -0.314. The van der Waals surface area contributed by atoms with Gasteiger partial charge in [-0.1, -0.05) is 6.07 Å². The molecule has 0 aliphatic heterocycles. The van der Waals surface area contributed by atoms with Gasteiger partial charge in [0.15, 0.2) is 0 Å². The van der Waals surface area contributed by atoms with Gasteiger partial charge in [0.2, 0.25) is 0 Å². The fourth-order valence-corrected chi connectivity index (χ4v) is 1.24. The maximum absolute atomic E-state index is 12.9. The zero-order chi connectivity index (χ0) is 10.0. The van der Waals surface area contributed by atoms with E-state index in [-0.39, 0.29) is 5.82 Å². The van der Waals surface area contributed by atoms with Crippen LogP contribution in [0.2, 0.25) is 0 Å². The Balaban J connectivity index is 3.01. The van der Waals surface area contributed by atoms with Crippen LogP contribution in [-0.4, -0.2) is 11.2 Å². The van der Waals surface area contributed by atoms with E-state index in [0.29, 0.717) is 5.56 Å². The molecule has 2 nitrogen and oxygen atoms in total. The van der Waals surface area contributed by atoms with Crippen LogP contribution in [-0.2, 0) is 0 Å². The lowest BCUT2D eigenvalue weighted by Gasteiger charge is -2.15. The van der Waals surface area contributed by atoms with Crippen molar-refractivity contribution in [3.63, 3.8) is 0 Å². The quantitative estimate of drug-likeness (QED) is 0.730. The van der Waals surface area contributed by atoms with Crippen molar-refractivity contribution in [2.45, 2.75) is 26.0 Å². The van der Waals surface area contributed by atoms with Gasteiger partial charge in [-0.15, -0.1) is 0 Å². The zero-order valence-electron chi connectivity index (χ0n) is 7.79. The van der Waals surface area contributed by atoms with E-state index < -0.39 is 12.1 Å².